The van der Waals surface area contributed by atoms with Gasteiger partial charge in [0.2, 0.25) is 0 Å². The maximum absolute atomic E-state index is 13.0. The summed E-state index contributed by atoms with van der Waals surface area (Å²) in [6, 6.07) is 2.99. The number of likely N-dealkylation sites (N-methyl/N-ethyl adjacent to an activating group) is 1. The minimum Gasteiger partial charge on any atom is -0.317 e. The van der Waals surface area contributed by atoms with Crippen LogP contribution in [0, 0.1) is 0 Å². The summed E-state index contributed by atoms with van der Waals surface area (Å²) in [5.74, 6) is -0.958. The van der Waals surface area contributed by atoms with E-state index >= 15 is 0 Å². The summed E-state index contributed by atoms with van der Waals surface area (Å²) in [7, 11) is -2.03. The second kappa shape index (κ2) is 4.49. The second-order valence-corrected chi connectivity index (χ2v) is 6.68. The molecule has 19 heavy (non-hydrogen) atoms. The third kappa shape index (κ3) is 2.36. The Kier molecular flexibility index (Phi) is 3.38. The molecular formula is C12H14F3NO2S. The fraction of sp³-hybridized carbons (Fsp3) is 0.500. The van der Waals surface area contributed by atoms with Gasteiger partial charge < -0.3 is 5.32 Å². The van der Waals surface area contributed by atoms with Crippen molar-refractivity contribution >= 4 is 9.84 Å². The summed E-state index contributed by atoms with van der Waals surface area (Å²) < 4.78 is 63.0. The number of sulfone groups is 1. The highest BCUT2D eigenvalue weighted by Crippen LogP contribution is 2.44. The summed E-state index contributed by atoms with van der Waals surface area (Å²) in [6.45, 7) is 1.68. The van der Waals surface area contributed by atoms with Gasteiger partial charge in [-0.2, -0.15) is 13.2 Å². The quantitative estimate of drug-likeness (QED) is 0.909. The van der Waals surface area contributed by atoms with Crippen LogP contribution >= 0.6 is 0 Å². The van der Waals surface area contributed by atoms with Gasteiger partial charge in [-0.25, -0.2) is 8.42 Å². The first-order valence-corrected chi connectivity index (χ1v) is 7.44. The predicted molar refractivity (Wildman–Crippen MR) is 64.8 cm³/mol. The van der Waals surface area contributed by atoms with Crippen LogP contribution < -0.4 is 5.32 Å². The molecule has 0 saturated heterocycles. The van der Waals surface area contributed by atoms with Crippen LogP contribution in [0.2, 0.25) is 0 Å². The van der Waals surface area contributed by atoms with Gasteiger partial charge in [-0.1, -0.05) is 6.07 Å². The molecule has 106 valence electrons. The molecule has 0 bridgehead atoms. The Morgan fingerprint density at radius 3 is 2.53 bits per heavy atom. The van der Waals surface area contributed by atoms with Gasteiger partial charge in [0, 0.05) is 12.0 Å². The number of hydrogen-bond acceptors (Lipinski definition) is 3. The van der Waals surface area contributed by atoms with E-state index in [1.165, 1.54) is 6.07 Å². The van der Waals surface area contributed by atoms with Crippen LogP contribution in [0.5, 0.6) is 0 Å². The van der Waals surface area contributed by atoms with E-state index in [-0.39, 0.29) is 22.3 Å². The van der Waals surface area contributed by atoms with Gasteiger partial charge in [0.15, 0.2) is 9.84 Å². The van der Waals surface area contributed by atoms with Crippen molar-refractivity contribution in [2.75, 3.05) is 12.8 Å². The number of halogens is 3. The fourth-order valence-corrected chi connectivity index (χ4v) is 4.44. The van der Waals surface area contributed by atoms with Crippen molar-refractivity contribution in [2.45, 2.75) is 30.0 Å². The lowest BCUT2D eigenvalue weighted by molar-refractivity contribution is -0.138. The third-order valence-electron chi connectivity index (χ3n) is 3.54. The molecule has 0 spiro atoms. The molecule has 1 aromatic carbocycles. The highest BCUT2D eigenvalue weighted by Gasteiger charge is 2.44. The maximum Gasteiger partial charge on any atom is 0.416 e. The first-order chi connectivity index (χ1) is 8.68. The molecule has 0 aromatic heterocycles. The zero-order valence-electron chi connectivity index (χ0n) is 10.5. The van der Waals surface area contributed by atoms with E-state index in [0.717, 1.165) is 12.1 Å². The van der Waals surface area contributed by atoms with E-state index in [0.29, 0.717) is 0 Å². The average Bonchev–Trinajstić information content (AvgIpc) is 2.59. The van der Waals surface area contributed by atoms with Crippen LogP contribution in [0.4, 0.5) is 13.2 Å². The fourth-order valence-electron chi connectivity index (χ4n) is 2.45. The Bertz CT molecular complexity index is 595. The zero-order valence-corrected chi connectivity index (χ0v) is 11.3. The SMILES string of the molecule is CNC(C)C1CS(=O)(=O)c2cccc(C(F)(F)F)c21. The standard InChI is InChI=1S/C12H14F3NO2S/c1-7(16-2)8-6-19(17,18)10-5-3-4-9(11(8)10)12(13,14)15/h3-5,7-8,16H,6H2,1-2H3. The van der Waals surface area contributed by atoms with E-state index in [4.69, 9.17) is 0 Å². The molecular weight excluding hydrogens is 279 g/mol. The number of rotatable bonds is 2. The molecule has 1 aliphatic heterocycles. The lowest BCUT2D eigenvalue weighted by Crippen LogP contribution is -2.31. The average molecular weight is 293 g/mol. The van der Waals surface area contributed by atoms with Crippen LogP contribution in [0.1, 0.15) is 24.0 Å². The van der Waals surface area contributed by atoms with Crippen molar-refractivity contribution in [1.82, 2.24) is 5.32 Å². The van der Waals surface area contributed by atoms with Crippen molar-refractivity contribution < 1.29 is 21.6 Å². The second-order valence-electron chi connectivity index (χ2n) is 4.68. The van der Waals surface area contributed by atoms with Gasteiger partial charge in [0.05, 0.1) is 16.2 Å². The summed E-state index contributed by atoms with van der Waals surface area (Å²) in [5.41, 5.74) is -0.949. The van der Waals surface area contributed by atoms with Gasteiger partial charge in [0.25, 0.3) is 0 Å². The van der Waals surface area contributed by atoms with E-state index in [9.17, 15) is 21.6 Å². The highest BCUT2D eigenvalue weighted by atomic mass is 32.2. The molecule has 1 aromatic rings. The first-order valence-electron chi connectivity index (χ1n) is 5.78. The molecule has 0 saturated carbocycles. The van der Waals surface area contributed by atoms with Crippen molar-refractivity contribution in [1.29, 1.82) is 0 Å². The Hall–Kier alpha value is -1.08. The van der Waals surface area contributed by atoms with E-state index in [1.54, 1.807) is 14.0 Å². The molecule has 0 amide bonds. The van der Waals surface area contributed by atoms with Crippen LogP contribution in [0.3, 0.4) is 0 Å². The third-order valence-corrected chi connectivity index (χ3v) is 5.36. The number of hydrogen-bond donors (Lipinski definition) is 1. The molecule has 7 heteroatoms. The monoisotopic (exact) mass is 293 g/mol. The van der Waals surface area contributed by atoms with Gasteiger partial charge in [-0.3, -0.25) is 0 Å². The lowest BCUT2D eigenvalue weighted by Gasteiger charge is -2.21. The number of benzene rings is 1. The molecule has 1 N–H and O–H groups in total. The van der Waals surface area contributed by atoms with Crippen LogP contribution in [0.25, 0.3) is 0 Å². The Morgan fingerprint density at radius 2 is 2.00 bits per heavy atom. The van der Waals surface area contributed by atoms with Gasteiger partial charge in [0.1, 0.15) is 0 Å². The van der Waals surface area contributed by atoms with E-state index in [1.807, 2.05) is 0 Å². The van der Waals surface area contributed by atoms with Crippen molar-refractivity contribution in [3.63, 3.8) is 0 Å². The van der Waals surface area contributed by atoms with E-state index in [2.05, 4.69) is 5.32 Å². The van der Waals surface area contributed by atoms with Crippen molar-refractivity contribution in [3.8, 4) is 0 Å². The molecule has 2 rings (SSSR count). The summed E-state index contributed by atoms with van der Waals surface area (Å²) >= 11 is 0. The number of fused-ring (bicyclic) bond motifs is 1. The van der Waals surface area contributed by atoms with Gasteiger partial charge in [-0.15, -0.1) is 0 Å². The molecule has 0 fully saturated rings. The summed E-state index contributed by atoms with van der Waals surface area (Å²) in [5, 5.41) is 2.83. The number of alkyl halides is 3. The maximum atomic E-state index is 13.0. The molecule has 1 aliphatic rings. The number of nitrogens with one attached hydrogen (secondary N) is 1. The Balaban J connectivity index is 2.70. The van der Waals surface area contributed by atoms with Gasteiger partial charge in [-0.05, 0) is 31.7 Å². The van der Waals surface area contributed by atoms with E-state index < -0.39 is 27.5 Å². The smallest absolute Gasteiger partial charge is 0.317 e. The molecule has 1 heterocycles. The first kappa shape index (κ1) is 14.3. The minimum atomic E-state index is -4.54. The summed E-state index contributed by atoms with van der Waals surface area (Å²) in [6.07, 6.45) is -4.54. The topological polar surface area (TPSA) is 46.2 Å². The minimum absolute atomic E-state index is 0.100. The molecule has 2 atom stereocenters. The predicted octanol–water partition coefficient (Wildman–Crippen LogP) is 2.18. The largest absolute Gasteiger partial charge is 0.416 e. The molecule has 0 radical (unpaired) electrons. The normalized spacial score (nSPS) is 23.1. The molecule has 0 aliphatic carbocycles. The van der Waals surface area contributed by atoms with Crippen LogP contribution in [0.15, 0.2) is 23.1 Å². The van der Waals surface area contributed by atoms with Gasteiger partial charge >= 0.3 is 6.18 Å². The van der Waals surface area contributed by atoms with Crippen molar-refractivity contribution in [3.05, 3.63) is 29.3 Å². The Labute approximate surface area is 109 Å². The lowest BCUT2D eigenvalue weighted by atomic mass is 9.90. The van der Waals surface area contributed by atoms with Crippen LogP contribution in [-0.2, 0) is 16.0 Å². The molecule has 3 nitrogen and oxygen atoms in total. The van der Waals surface area contributed by atoms with Crippen molar-refractivity contribution in [2.24, 2.45) is 0 Å². The molecule has 2 unspecified atom stereocenters. The summed E-state index contributed by atoms with van der Waals surface area (Å²) in [4.78, 5) is -0.186. The highest BCUT2D eigenvalue weighted by molar-refractivity contribution is 7.91. The Morgan fingerprint density at radius 1 is 1.37 bits per heavy atom. The zero-order chi connectivity index (χ0) is 14.4. The van der Waals surface area contributed by atoms with Crippen LogP contribution in [-0.4, -0.2) is 27.3 Å².